The number of pyridine rings is 3. The molecule has 0 bridgehead atoms. The highest BCUT2D eigenvalue weighted by atomic mass is 35.5. The Bertz CT molecular complexity index is 1580. The fraction of sp³-hybridized carbons (Fsp3) is 0.182. The number of ether oxygens (including phenoxy) is 2. The summed E-state index contributed by atoms with van der Waals surface area (Å²) in [6, 6.07) is 5.32. The largest absolute Gasteiger partial charge is 0.480 e. The molecule has 0 aromatic carbocycles. The van der Waals surface area contributed by atoms with E-state index >= 15 is 0 Å². The van der Waals surface area contributed by atoms with Gasteiger partial charge in [-0.15, -0.1) is 0 Å². The molecule has 5 rings (SSSR count). The number of H-pyrrole nitrogens is 2. The van der Waals surface area contributed by atoms with E-state index in [9.17, 15) is 4.79 Å². The Balaban J connectivity index is 1.75. The number of hydrogen-bond donors (Lipinski definition) is 2. The van der Waals surface area contributed by atoms with Crippen molar-refractivity contribution >= 4 is 33.5 Å². The van der Waals surface area contributed by atoms with Crippen LogP contribution in [0.5, 0.6) is 11.9 Å². The molecule has 0 aliphatic heterocycles. The van der Waals surface area contributed by atoms with Crippen molar-refractivity contribution in [2.45, 2.75) is 13.3 Å². The summed E-state index contributed by atoms with van der Waals surface area (Å²) < 4.78 is 10.5. The summed E-state index contributed by atoms with van der Waals surface area (Å²) in [4.78, 5) is 40.9. The van der Waals surface area contributed by atoms with Gasteiger partial charge in [0.25, 0.3) is 5.56 Å². The second kappa shape index (κ2) is 8.14. The summed E-state index contributed by atoms with van der Waals surface area (Å²) in [5.41, 5.74) is 3.87. The van der Waals surface area contributed by atoms with Crippen LogP contribution in [-0.2, 0) is 6.42 Å². The van der Waals surface area contributed by atoms with E-state index in [1.165, 1.54) is 14.2 Å². The minimum atomic E-state index is -0.297. The van der Waals surface area contributed by atoms with E-state index in [1.54, 1.807) is 30.6 Å². The van der Waals surface area contributed by atoms with Gasteiger partial charge in [0.1, 0.15) is 16.5 Å². The highest BCUT2D eigenvalue weighted by molar-refractivity contribution is 6.30. The van der Waals surface area contributed by atoms with Crippen LogP contribution in [0, 0.1) is 0 Å². The molecule has 0 fully saturated rings. The number of methoxy groups -OCH3 is 2. The molecule has 0 radical (unpaired) electrons. The Kier molecular flexibility index (Phi) is 5.14. The number of nitrogens with zero attached hydrogens (tertiary/aromatic N) is 5. The van der Waals surface area contributed by atoms with Crippen molar-refractivity contribution in [1.29, 1.82) is 0 Å². The van der Waals surface area contributed by atoms with Crippen LogP contribution in [0.2, 0.25) is 5.15 Å². The molecule has 0 saturated carbocycles. The van der Waals surface area contributed by atoms with Gasteiger partial charge in [0.15, 0.2) is 0 Å². The Morgan fingerprint density at radius 1 is 1.00 bits per heavy atom. The predicted octanol–water partition coefficient (Wildman–Crippen LogP) is 3.55. The molecule has 33 heavy (non-hydrogen) atoms. The first-order valence-electron chi connectivity index (χ1n) is 10.0. The molecule has 5 aromatic heterocycles. The Morgan fingerprint density at radius 2 is 1.85 bits per heavy atom. The third-order valence-electron chi connectivity index (χ3n) is 5.23. The second-order valence-electron chi connectivity index (χ2n) is 7.14. The highest BCUT2D eigenvalue weighted by Gasteiger charge is 2.18. The maximum atomic E-state index is 12.9. The van der Waals surface area contributed by atoms with Gasteiger partial charge in [0, 0.05) is 23.8 Å². The van der Waals surface area contributed by atoms with E-state index in [2.05, 4.69) is 34.9 Å². The Morgan fingerprint density at radius 3 is 2.61 bits per heavy atom. The Hall–Kier alpha value is -4.05. The average molecular weight is 464 g/mol. The molecular weight excluding hydrogens is 446 g/mol. The van der Waals surface area contributed by atoms with Gasteiger partial charge in [-0.1, -0.05) is 18.5 Å². The molecule has 0 aliphatic rings. The van der Waals surface area contributed by atoms with Gasteiger partial charge in [-0.2, -0.15) is 4.98 Å². The number of aromatic amines is 2. The van der Waals surface area contributed by atoms with Crippen LogP contribution >= 0.6 is 11.6 Å². The van der Waals surface area contributed by atoms with Crippen molar-refractivity contribution in [3.8, 4) is 34.5 Å². The summed E-state index contributed by atoms with van der Waals surface area (Å²) in [5.74, 6) is 0.700. The van der Waals surface area contributed by atoms with Crippen LogP contribution < -0.4 is 15.0 Å². The lowest BCUT2D eigenvalue weighted by atomic mass is 10.1. The number of imidazole rings is 1. The van der Waals surface area contributed by atoms with Crippen molar-refractivity contribution < 1.29 is 9.47 Å². The third kappa shape index (κ3) is 3.54. The van der Waals surface area contributed by atoms with Gasteiger partial charge in [-0.3, -0.25) is 9.78 Å². The number of rotatable bonds is 5. The molecule has 2 N–H and O–H groups in total. The molecule has 0 aliphatic carbocycles. The van der Waals surface area contributed by atoms with Crippen LogP contribution in [0.1, 0.15) is 12.6 Å². The minimum absolute atomic E-state index is 0.172. The fourth-order valence-electron chi connectivity index (χ4n) is 3.70. The zero-order chi connectivity index (χ0) is 23.1. The normalized spacial score (nSPS) is 11.3. The van der Waals surface area contributed by atoms with E-state index < -0.39 is 0 Å². The van der Waals surface area contributed by atoms with Crippen LogP contribution in [0.25, 0.3) is 44.6 Å². The van der Waals surface area contributed by atoms with Crippen LogP contribution in [0.3, 0.4) is 0 Å². The van der Waals surface area contributed by atoms with Gasteiger partial charge >= 0.3 is 6.01 Å². The number of hydrogen-bond acceptors (Lipinski definition) is 8. The first-order chi connectivity index (χ1) is 16.0. The fourth-order valence-corrected chi connectivity index (χ4v) is 3.92. The summed E-state index contributed by atoms with van der Waals surface area (Å²) in [5, 5.41) is 1.03. The maximum absolute atomic E-state index is 12.9. The monoisotopic (exact) mass is 463 g/mol. The topological polar surface area (TPSA) is 132 Å². The van der Waals surface area contributed by atoms with Crippen molar-refractivity contribution in [3.05, 3.63) is 51.8 Å². The van der Waals surface area contributed by atoms with Gasteiger partial charge in [-0.05, 0) is 18.6 Å². The SMILES string of the molecule is CCc1nc(Cl)cc2[nH]c(-c3cc4c(-c5cnc(OC)nc5OC)nccc4[nH]c3=O)nc12. The van der Waals surface area contributed by atoms with E-state index in [0.29, 0.717) is 62.0 Å². The standard InChI is InChI=1S/C22H18ClN7O3/c1-4-13-18-15(8-16(23)26-13)27-19(29-18)11-7-10-14(28-20(11)31)5-6-24-17(10)12-9-25-22(33-3)30-21(12)32-2/h5-9H,4H2,1-3H3,(H,27,29)(H,28,31). The van der Waals surface area contributed by atoms with E-state index in [1.807, 2.05) is 6.92 Å². The third-order valence-corrected chi connectivity index (χ3v) is 5.43. The van der Waals surface area contributed by atoms with Crippen molar-refractivity contribution in [2.24, 2.45) is 0 Å². The van der Waals surface area contributed by atoms with Gasteiger partial charge in [-0.25, -0.2) is 15.0 Å². The number of aromatic nitrogens is 7. The molecule has 0 saturated heterocycles. The molecule has 11 heteroatoms. The lowest BCUT2D eigenvalue weighted by Crippen LogP contribution is -2.10. The molecule has 166 valence electrons. The van der Waals surface area contributed by atoms with E-state index in [0.717, 1.165) is 5.69 Å². The molecule has 10 nitrogen and oxygen atoms in total. The highest BCUT2D eigenvalue weighted by Crippen LogP contribution is 2.33. The van der Waals surface area contributed by atoms with Crippen LogP contribution in [-0.4, -0.2) is 49.1 Å². The number of fused-ring (bicyclic) bond motifs is 2. The zero-order valence-corrected chi connectivity index (χ0v) is 18.7. The second-order valence-corrected chi connectivity index (χ2v) is 7.53. The van der Waals surface area contributed by atoms with Crippen molar-refractivity contribution in [2.75, 3.05) is 14.2 Å². The summed E-state index contributed by atoms with van der Waals surface area (Å²) in [7, 11) is 2.98. The van der Waals surface area contributed by atoms with Gasteiger partial charge in [0.05, 0.1) is 47.8 Å². The molecule has 0 amide bonds. The number of nitrogens with one attached hydrogen (secondary N) is 2. The van der Waals surface area contributed by atoms with E-state index in [-0.39, 0.29) is 11.6 Å². The molecule has 5 heterocycles. The average Bonchev–Trinajstić information content (AvgIpc) is 3.25. The summed E-state index contributed by atoms with van der Waals surface area (Å²) >= 11 is 6.14. The number of halogens is 1. The molecule has 0 spiro atoms. The lowest BCUT2D eigenvalue weighted by molar-refractivity contribution is 0.353. The summed E-state index contributed by atoms with van der Waals surface area (Å²) in [6.45, 7) is 1.97. The molecular formula is C22H18ClN7O3. The van der Waals surface area contributed by atoms with E-state index in [4.69, 9.17) is 21.1 Å². The number of aryl methyl sites for hydroxylation is 1. The smallest absolute Gasteiger partial charge is 0.319 e. The van der Waals surface area contributed by atoms with Crippen molar-refractivity contribution in [1.82, 2.24) is 34.9 Å². The van der Waals surface area contributed by atoms with Gasteiger partial charge < -0.3 is 19.4 Å². The molecule has 5 aromatic rings. The lowest BCUT2D eigenvalue weighted by Gasteiger charge is -2.10. The van der Waals surface area contributed by atoms with Crippen molar-refractivity contribution in [3.63, 3.8) is 0 Å². The maximum Gasteiger partial charge on any atom is 0.319 e. The first-order valence-corrected chi connectivity index (χ1v) is 10.4. The first kappa shape index (κ1) is 20.8. The van der Waals surface area contributed by atoms with Crippen LogP contribution in [0.15, 0.2) is 35.4 Å². The molecule has 0 unspecified atom stereocenters. The quantitative estimate of drug-likeness (QED) is 0.378. The minimum Gasteiger partial charge on any atom is -0.480 e. The predicted molar refractivity (Wildman–Crippen MR) is 124 cm³/mol. The summed E-state index contributed by atoms with van der Waals surface area (Å²) in [6.07, 6.45) is 3.82. The van der Waals surface area contributed by atoms with Gasteiger partial charge in [0.2, 0.25) is 5.88 Å². The van der Waals surface area contributed by atoms with Crippen LogP contribution in [0.4, 0.5) is 0 Å². The Labute approximate surface area is 192 Å². The zero-order valence-electron chi connectivity index (χ0n) is 17.9. The molecule has 0 atom stereocenters.